The molecule has 29 heavy (non-hydrogen) atoms. The van der Waals surface area contributed by atoms with Crippen LogP contribution in [-0.2, 0) is 26.0 Å². The van der Waals surface area contributed by atoms with E-state index < -0.39 is 16.0 Å². The van der Waals surface area contributed by atoms with Gasteiger partial charge < -0.3 is 14.2 Å². The molecule has 3 rings (SSSR count). The average molecular weight is 419 g/mol. The van der Waals surface area contributed by atoms with Gasteiger partial charge >= 0.3 is 5.97 Å². The molecule has 0 bridgehead atoms. The number of carbonyl (C=O) groups is 1. The quantitative estimate of drug-likeness (QED) is 0.612. The zero-order chi connectivity index (χ0) is 20.9. The van der Waals surface area contributed by atoms with E-state index >= 15 is 0 Å². The first kappa shape index (κ1) is 21.3. The minimum Gasteiger partial charge on any atom is -0.495 e. The third-order valence-corrected chi connectivity index (χ3v) is 6.58. The summed E-state index contributed by atoms with van der Waals surface area (Å²) in [7, 11) is -1.01. The maximum Gasteiger partial charge on any atom is 0.338 e. The molecule has 0 spiro atoms. The van der Waals surface area contributed by atoms with E-state index in [1.807, 2.05) is 30.3 Å². The Labute approximate surface area is 171 Å². The number of hydrogen-bond acceptors (Lipinski definition) is 6. The molecule has 1 aliphatic rings. The first-order valence-corrected chi connectivity index (χ1v) is 10.8. The van der Waals surface area contributed by atoms with Crippen LogP contribution < -0.4 is 4.74 Å². The van der Waals surface area contributed by atoms with Crippen molar-refractivity contribution in [3.63, 3.8) is 0 Å². The van der Waals surface area contributed by atoms with Gasteiger partial charge in [0.05, 0.1) is 18.8 Å². The third kappa shape index (κ3) is 5.14. The van der Waals surface area contributed by atoms with Gasteiger partial charge in [-0.15, -0.1) is 0 Å². The molecular formula is C21H25NO6S. The normalized spacial score (nSPS) is 16.7. The molecule has 0 unspecified atom stereocenters. The molecule has 0 amide bonds. The first-order valence-electron chi connectivity index (χ1n) is 9.39. The summed E-state index contributed by atoms with van der Waals surface area (Å²) in [6.45, 7) is 1.02. The molecule has 0 aliphatic carbocycles. The Morgan fingerprint density at radius 1 is 1.21 bits per heavy atom. The Morgan fingerprint density at radius 3 is 2.62 bits per heavy atom. The molecule has 0 N–H and O–H groups in total. The minimum atomic E-state index is -3.89. The summed E-state index contributed by atoms with van der Waals surface area (Å²) in [5, 5.41) is 0. The molecule has 1 saturated heterocycles. The van der Waals surface area contributed by atoms with Gasteiger partial charge in [0.15, 0.2) is 0 Å². The zero-order valence-corrected chi connectivity index (χ0v) is 17.4. The fourth-order valence-corrected chi connectivity index (χ4v) is 4.46. The summed E-state index contributed by atoms with van der Waals surface area (Å²) < 4.78 is 43.5. The number of hydrogen-bond donors (Lipinski definition) is 0. The van der Waals surface area contributed by atoms with E-state index in [1.54, 1.807) is 0 Å². The lowest BCUT2D eigenvalue weighted by Gasteiger charge is -2.19. The molecule has 8 heteroatoms. The summed E-state index contributed by atoms with van der Waals surface area (Å²) in [5.74, 6) is -0.425. The highest BCUT2D eigenvalue weighted by Gasteiger charge is 2.27. The van der Waals surface area contributed by atoms with Gasteiger partial charge in [0.25, 0.3) is 0 Å². The van der Waals surface area contributed by atoms with Crippen molar-refractivity contribution in [3.8, 4) is 5.75 Å². The van der Waals surface area contributed by atoms with E-state index in [4.69, 9.17) is 14.2 Å². The molecule has 2 aromatic carbocycles. The van der Waals surface area contributed by atoms with Crippen molar-refractivity contribution in [1.82, 2.24) is 4.31 Å². The van der Waals surface area contributed by atoms with Crippen LogP contribution in [0.1, 0.15) is 28.8 Å². The van der Waals surface area contributed by atoms with Crippen LogP contribution in [-0.4, -0.2) is 52.2 Å². The lowest BCUT2D eigenvalue weighted by atomic mass is 10.2. The lowest BCUT2D eigenvalue weighted by Crippen LogP contribution is -2.27. The van der Waals surface area contributed by atoms with Gasteiger partial charge in [0.2, 0.25) is 10.0 Å². The molecule has 2 aromatic rings. The topological polar surface area (TPSA) is 82.1 Å². The van der Waals surface area contributed by atoms with Gasteiger partial charge in [0, 0.05) is 20.2 Å². The van der Waals surface area contributed by atoms with Crippen molar-refractivity contribution in [2.45, 2.75) is 30.4 Å². The number of rotatable bonds is 8. The van der Waals surface area contributed by atoms with Crippen molar-refractivity contribution in [1.29, 1.82) is 0 Å². The van der Waals surface area contributed by atoms with Crippen molar-refractivity contribution in [2.75, 3.05) is 27.4 Å². The molecule has 156 valence electrons. The zero-order valence-electron chi connectivity index (χ0n) is 16.5. The molecule has 7 nitrogen and oxygen atoms in total. The number of methoxy groups -OCH3 is 1. The van der Waals surface area contributed by atoms with Gasteiger partial charge in [-0.25, -0.2) is 13.2 Å². The van der Waals surface area contributed by atoms with Crippen LogP contribution in [0.25, 0.3) is 0 Å². The van der Waals surface area contributed by atoms with E-state index in [0.29, 0.717) is 6.61 Å². The molecule has 1 aliphatic heterocycles. The van der Waals surface area contributed by atoms with Crippen LogP contribution in [0.15, 0.2) is 53.4 Å². The van der Waals surface area contributed by atoms with Crippen LogP contribution in [0.4, 0.5) is 0 Å². The molecule has 0 aromatic heterocycles. The molecule has 0 saturated carbocycles. The van der Waals surface area contributed by atoms with E-state index in [0.717, 1.165) is 18.4 Å². The summed E-state index contributed by atoms with van der Waals surface area (Å²) in [5.41, 5.74) is 1.00. The van der Waals surface area contributed by atoms with Crippen LogP contribution in [0, 0.1) is 0 Å². The van der Waals surface area contributed by atoms with Gasteiger partial charge in [-0.3, -0.25) is 0 Å². The molecular weight excluding hydrogens is 394 g/mol. The summed E-state index contributed by atoms with van der Waals surface area (Å²) in [6, 6.07) is 13.5. The third-order valence-electron chi connectivity index (χ3n) is 4.76. The largest absolute Gasteiger partial charge is 0.495 e. The Hall–Kier alpha value is -2.42. The Bertz CT molecular complexity index is 939. The van der Waals surface area contributed by atoms with Crippen LogP contribution in [0.5, 0.6) is 5.75 Å². The highest BCUT2D eigenvalue weighted by Crippen LogP contribution is 2.28. The van der Waals surface area contributed by atoms with Gasteiger partial charge in [-0.2, -0.15) is 4.31 Å². The summed E-state index contributed by atoms with van der Waals surface area (Å²) >= 11 is 0. The van der Waals surface area contributed by atoms with Crippen molar-refractivity contribution in [3.05, 3.63) is 59.7 Å². The van der Waals surface area contributed by atoms with Crippen molar-refractivity contribution in [2.24, 2.45) is 0 Å². The average Bonchev–Trinajstić information content (AvgIpc) is 3.26. The highest BCUT2D eigenvalue weighted by molar-refractivity contribution is 7.89. The molecule has 1 heterocycles. The SMILES string of the molecule is COc1ccc(C(=O)OC[C@@H]2CCCO2)cc1S(=O)(=O)N(C)Cc1ccccc1. The maximum atomic E-state index is 13.1. The fourth-order valence-electron chi connectivity index (χ4n) is 3.13. The van der Waals surface area contributed by atoms with E-state index in [-0.39, 0.29) is 35.5 Å². The number of nitrogens with zero attached hydrogens (tertiary/aromatic N) is 1. The minimum absolute atomic E-state index is 0.0787. The molecule has 1 atom stereocenters. The number of carbonyl (C=O) groups excluding carboxylic acids is 1. The van der Waals surface area contributed by atoms with Gasteiger partial charge in [0.1, 0.15) is 17.3 Å². The second-order valence-corrected chi connectivity index (χ2v) is 8.86. The number of benzene rings is 2. The van der Waals surface area contributed by atoms with Crippen LogP contribution >= 0.6 is 0 Å². The molecule has 0 radical (unpaired) electrons. The number of ether oxygens (including phenoxy) is 3. The lowest BCUT2D eigenvalue weighted by molar-refractivity contribution is 0.0161. The van der Waals surface area contributed by atoms with Crippen LogP contribution in [0.3, 0.4) is 0 Å². The smallest absolute Gasteiger partial charge is 0.338 e. The van der Waals surface area contributed by atoms with Crippen molar-refractivity contribution >= 4 is 16.0 Å². The monoisotopic (exact) mass is 419 g/mol. The van der Waals surface area contributed by atoms with Gasteiger partial charge in [-0.05, 0) is 36.6 Å². The standard InChI is InChI=1S/C21H25NO6S/c1-22(14-16-7-4-3-5-8-16)29(24,25)20-13-17(10-11-19(20)26-2)21(23)28-15-18-9-6-12-27-18/h3-5,7-8,10-11,13,18H,6,9,12,14-15H2,1-2H3/t18-/m0/s1. The van der Waals surface area contributed by atoms with E-state index in [1.165, 1.54) is 36.7 Å². The van der Waals surface area contributed by atoms with Crippen LogP contribution in [0.2, 0.25) is 0 Å². The number of esters is 1. The fraction of sp³-hybridized carbons (Fsp3) is 0.381. The predicted octanol–water partition coefficient (Wildman–Crippen LogP) is 2.85. The Balaban J connectivity index is 1.80. The highest BCUT2D eigenvalue weighted by atomic mass is 32.2. The second-order valence-electron chi connectivity index (χ2n) is 6.85. The number of sulfonamides is 1. The van der Waals surface area contributed by atoms with Gasteiger partial charge in [-0.1, -0.05) is 30.3 Å². The van der Waals surface area contributed by atoms with E-state index in [9.17, 15) is 13.2 Å². The first-order chi connectivity index (χ1) is 13.9. The maximum absolute atomic E-state index is 13.1. The second kappa shape index (κ2) is 9.39. The van der Waals surface area contributed by atoms with Crippen molar-refractivity contribution < 1.29 is 27.4 Å². The van der Waals surface area contributed by atoms with E-state index in [2.05, 4.69) is 0 Å². The summed E-state index contributed by atoms with van der Waals surface area (Å²) in [6.07, 6.45) is 1.69. The Morgan fingerprint density at radius 2 is 1.97 bits per heavy atom. The Kier molecular flexibility index (Phi) is 6.89. The summed E-state index contributed by atoms with van der Waals surface area (Å²) in [4.78, 5) is 12.3. The molecule has 1 fully saturated rings. The predicted molar refractivity (Wildman–Crippen MR) is 107 cm³/mol.